The highest BCUT2D eigenvalue weighted by atomic mass is 35.5. The summed E-state index contributed by atoms with van der Waals surface area (Å²) in [5, 5.41) is 8.99. The van der Waals surface area contributed by atoms with Crippen molar-refractivity contribution < 1.29 is 5.11 Å². The Morgan fingerprint density at radius 1 is 1.33 bits per heavy atom. The monoisotopic (exact) mass is 266 g/mol. The van der Waals surface area contributed by atoms with Crippen molar-refractivity contribution in [1.82, 2.24) is 9.55 Å². The molecule has 1 aromatic heterocycles. The van der Waals surface area contributed by atoms with Gasteiger partial charge in [0.2, 0.25) is 0 Å². The molecule has 0 radical (unpaired) electrons. The molecular weight excluding hydrogens is 248 g/mol. The van der Waals surface area contributed by atoms with Crippen molar-refractivity contribution in [2.24, 2.45) is 0 Å². The molecule has 0 aliphatic heterocycles. The highest BCUT2D eigenvalue weighted by Crippen LogP contribution is 2.26. The minimum absolute atomic E-state index is 0.0913. The average Bonchev–Trinajstić information content (AvgIpc) is 2.68. The third kappa shape index (κ3) is 2.38. The van der Waals surface area contributed by atoms with Crippen LogP contribution in [0, 0.1) is 0 Å². The average molecular weight is 267 g/mol. The van der Waals surface area contributed by atoms with Gasteiger partial charge in [0.1, 0.15) is 5.82 Å². The first kappa shape index (κ1) is 13.4. The van der Waals surface area contributed by atoms with Crippen LogP contribution in [0.5, 0.6) is 0 Å². The minimum atomic E-state index is -0.161. The van der Waals surface area contributed by atoms with Crippen molar-refractivity contribution in [3.8, 4) is 0 Å². The van der Waals surface area contributed by atoms with Gasteiger partial charge in [-0.3, -0.25) is 0 Å². The van der Waals surface area contributed by atoms with E-state index in [9.17, 15) is 0 Å². The van der Waals surface area contributed by atoms with Gasteiger partial charge in [0.15, 0.2) is 0 Å². The van der Waals surface area contributed by atoms with Crippen molar-refractivity contribution >= 4 is 22.6 Å². The number of aromatic nitrogens is 2. The van der Waals surface area contributed by atoms with E-state index >= 15 is 0 Å². The number of hydrogen-bond acceptors (Lipinski definition) is 2. The van der Waals surface area contributed by atoms with E-state index in [1.54, 1.807) is 0 Å². The van der Waals surface area contributed by atoms with Gasteiger partial charge in [-0.25, -0.2) is 4.98 Å². The Labute approximate surface area is 112 Å². The van der Waals surface area contributed by atoms with Crippen molar-refractivity contribution in [2.75, 3.05) is 6.61 Å². The lowest BCUT2D eigenvalue weighted by Gasteiger charge is -2.09. The molecule has 18 heavy (non-hydrogen) atoms. The quantitative estimate of drug-likeness (QED) is 0.861. The molecule has 0 amide bonds. The number of halogens is 1. The van der Waals surface area contributed by atoms with E-state index in [0.717, 1.165) is 16.9 Å². The summed E-state index contributed by atoms with van der Waals surface area (Å²) in [5.41, 5.74) is 3.26. The minimum Gasteiger partial charge on any atom is -0.395 e. The Balaban J connectivity index is 2.60. The zero-order valence-corrected chi connectivity index (χ0v) is 11.8. The second-order valence-corrected chi connectivity index (χ2v) is 5.52. The SMILES string of the molecule is CC(C)c1ccc2c(c1)nc(C(C)Cl)n2CCO. The lowest BCUT2D eigenvalue weighted by molar-refractivity contribution is 0.276. The van der Waals surface area contributed by atoms with Crippen LogP contribution in [0.25, 0.3) is 11.0 Å². The molecule has 1 atom stereocenters. The first-order chi connectivity index (χ1) is 8.54. The van der Waals surface area contributed by atoms with Gasteiger partial charge in [-0.05, 0) is 30.5 Å². The molecular formula is C14H19ClN2O. The standard InChI is InChI=1S/C14H19ClN2O/c1-9(2)11-4-5-13-12(8-11)16-14(10(3)15)17(13)6-7-18/h4-5,8-10,18H,6-7H2,1-3H3. The molecule has 0 bridgehead atoms. The molecule has 2 aromatic rings. The van der Waals surface area contributed by atoms with Crippen LogP contribution in [0.2, 0.25) is 0 Å². The third-order valence-corrected chi connectivity index (χ3v) is 3.34. The van der Waals surface area contributed by atoms with Crippen molar-refractivity contribution in [3.05, 3.63) is 29.6 Å². The van der Waals surface area contributed by atoms with E-state index in [0.29, 0.717) is 12.5 Å². The highest BCUT2D eigenvalue weighted by Gasteiger charge is 2.15. The van der Waals surface area contributed by atoms with Crippen LogP contribution in [0.3, 0.4) is 0 Å². The lowest BCUT2D eigenvalue weighted by atomic mass is 10.0. The zero-order valence-electron chi connectivity index (χ0n) is 11.0. The third-order valence-electron chi connectivity index (χ3n) is 3.15. The molecule has 3 nitrogen and oxygen atoms in total. The molecule has 0 saturated heterocycles. The summed E-state index contributed by atoms with van der Waals surface area (Å²) in [6.07, 6.45) is 0. The second-order valence-electron chi connectivity index (χ2n) is 4.86. The Kier molecular flexibility index (Phi) is 3.93. The molecule has 0 fully saturated rings. The van der Waals surface area contributed by atoms with Crippen molar-refractivity contribution in [3.63, 3.8) is 0 Å². The van der Waals surface area contributed by atoms with Crippen molar-refractivity contribution in [2.45, 2.75) is 38.6 Å². The van der Waals surface area contributed by atoms with Gasteiger partial charge < -0.3 is 9.67 Å². The Bertz CT molecular complexity index is 546. The predicted octanol–water partition coefficient (Wildman–Crippen LogP) is 3.45. The molecule has 1 aromatic carbocycles. The van der Waals surface area contributed by atoms with E-state index < -0.39 is 0 Å². The van der Waals surface area contributed by atoms with Gasteiger partial charge in [-0.1, -0.05) is 19.9 Å². The van der Waals surface area contributed by atoms with E-state index in [4.69, 9.17) is 16.7 Å². The molecule has 1 unspecified atom stereocenters. The van der Waals surface area contributed by atoms with Gasteiger partial charge in [-0.2, -0.15) is 0 Å². The maximum Gasteiger partial charge on any atom is 0.127 e. The van der Waals surface area contributed by atoms with Crippen LogP contribution in [0.1, 0.15) is 43.5 Å². The van der Waals surface area contributed by atoms with Gasteiger partial charge in [0.25, 0.3) is 0 Å². The van der Waals surface area contributed by atoms with Crippen LogP contribution in [0.15, 0.2) is 18.2 Å². The fourth-order valence-corrected chi connectivity index (χ4v) is 2.33. The lowest BCUT2D eigenvalue weighted by Crippen LogP contribution is -2.07. The number of imidazole rings is 1. The molecule has 0 aliphatic rings. The largest absolute Gasteiger partial charge is 0.395 e. The Morgan fingerprint density at radius 3 is 2.61 bits per heavy atom. The molecule has 0 spiro atoms. The molecule has 0 saturated carbocycles. The molecule has 1 heterocycles. The smallest absolute Gasteiger partial charge is 0.127 e. The first-order valence-corrected chi connectivity index (χ1v) is 6.73. The number of nitrogens with zero attached hydrogens (tertiary/aromatic N) is 2. The summed E-state index contributed by atoms with van der Waals surface area (Å²) in [6, 6.07) is 6.29. The summed E-state index contributed by atoms with van der Waals surface area (Å²) < 4.78 is 2.00. The number of alkyl halides is 1. The molecule has 2 rings (SSSR count). The first-order valence-electron chi connectivity index (χ1n) is 6.29. The molecule has 0 aliphatic carbocycles. The van der Waals surface area contributed by atoms with Gasteiger partial charge >= 0.3 is 0 Å². The Hall–Kier alpha value is -1.06. The van der Waals surface area contributed by atoms with Crippen molar-refractivity contribution in [1.29, 1.82) is 0 Å². The fourth-order valence-electron chi connectivity index (χ4n) is 2.16. The van der Waals surface area contributed by atoms with E-state index in [1.165, 1.54) is 5.56 Å². The second kappa shape index (κ2) is 5.29. The summed E-state index contributed by atoms with van der Waals surface area (Å²) in [5.74, 6) is 1.30. The number of rotatable bonds is 4. The number of aliphatic hydroxyl groups is 1. The van der Waals surface area contributed by atoms with Gasteiger partial charge in [0, 0.05) is 6.54 Å². The van der Waals surface area contributed by atoms with E-state index in [-0.39, 0.29) is 12.0 Å². The van der Waals surface area contributed by atoms with E-state index in [2.05, 4.69) is 37.0 Å². The number of hydrogen-bond donors (Lipinski definition) is 1. The summed E-state index contributed by atoms with van der Waals surface area (Å²) in [6.45, 7) is 6.85. The summed E-state index contributed by atoms with van der Waals surface area (Å²) >= 11 is 6.15. The topological polar surface area (TPSA) is 38.0 Å². The molecule has 98 valence electrons. The van der Waals surface area contributed by atoms with Gasteiger partial charge in [0.05, 0.1) is 23.0 Å². The summed E-state index contributed by atoms with van der Waals surface area (Å²) in [4.78, 5) is 4.59. The molecule has 1 N–H and O–H groups in total. The van der Waals surface area contributed by atoms with Crippen LogP contribution in [-0.4, -0.2) is 21.3 Å². The number of benzene rings is 1. The van der Waals surface area contributed by atoms with Crippen LogP contribution in [-0.2, 0) is 6.54 Å². The number of aliphatic hydroxyl groups excluding tert-OH is 1. The summed E-state index contributed by atoms with van der Waals surface area (Å²) in [7, 11) is 0. The van der Waals surface area contributed by atoms with Crippen LogP contribution in [0.4, 0.5) is 0 Å². The van der Waals surface area contributed by atoms with E-state index in [1.807, 2.05) is 11.5 Å². The van der Waals surface area contributed by atoms with Gasteiger partial charge in [-0.15, -0.1) is 11.6 Å². The number of fused-ring (bicyclic) bond motifs is 1. The predicted molar refractivity (Wildman–Crippen MR) is 75.2 cm³/mol. The Morgan fingerprint density at radius 2 is 2.06 bits per heavy atom. The zero-order chi connectivity index (χ0) is 13.3. The van der Waals surface area contributed by atoms with Crippen LogP contribution < -0.4 is 0 Å². The normalized spacial score (nSPS) is 13.4. The highest BCUT2D eigenvalue weighted by molar-refractivity contribution is 6.20. The maximum absolute atomic E-state index is 9.15. The maximum atomic E-state index is 9.15. The van der Waals surface area contributed by atoms with Crippen LogP contribution >= 0.6 is 11.6 Å². The fraction of sp³-hybridized carbons (Fsp3) is 0.500. The molecule has 4 heteroatoms.